The Morgan fingerprint density at radius 3 is 2.43 bits per heavy atom. The first-order chi connectivity index (χ1) is 10.7. The smallest absolute Gasteiger partial charge is 0.321 e. The van der Waals surface area contributed by atoms with Crippen LogP contribution in [0.5, 0.6) is 0 Å². The summed E-state index contributed by atoms with van der Waals surface area (Å²) in [6.45, 7) is 0. The van der Waals surface area contributed by atoms with Gasteiger partial charge in [0, 0.05) is 11.6 Å². The fourth-order valence-electron chi connectivity index (χ4n) is 1.83. The van der Waals surface area contributed by atoms with Gasteiger partial charge in [0.2, 0.25) is 0 Å². The number of hydrogen-bond acceptors (Lipinski definition) is 3. The molecule has 0 bridgehead atoms. The first-order valence-electron chi connectivity index (χ1n) is 6.11. The van der Waals surface area contributed by atoms with E-state index >= 15 is 0 Å². The molecule has 9 heteroatoms. The highest BCUT2D eigenvalue weighted by Crippen LogP contribution is 2.35. The maximum atomic E-state index is 12.9. The average Bonchev–Trinajstić information content (AvgIpc) is 2.46. The van der Waals surface area contributed by atoms with Gasteiger partial charge in [-0.15, -0.1) is 0 Å². The van der Waals surface area contributed by atoms with Crippen molar-refractivity contribution < 1.29 is 22.9 Å². The van der Waals surface area contributed by atoms with E-state index in [2.05, 4.69) is 5.32 Å². The van der Waals surface area contributed by atoms with Crippen molar-refractivity contribution in [2.24, 2.45) is 0 Å². The number of alkyl halides is 3. The summed E-state index contributed by atoms with van der Waals surface area (Å²) in [5.41, 5.74) is -2.15. The lowest BCUT2D eigenvalue weighted by atomic mass is 10.1. The van der Waals surface area contributed by atoms with E-state index in [0.717, 1.165) is 24.3 Å². The van der Waals surface area contributed by atoms with Crippen LogP contribution in [-0.4, -0.2) is 10.8 Å². The molecule has 5 nitrogen and oxygen atoms in total. The largest absolute Gasteiger partial charge is 0.418 e. The Bertz CT molecular complexity index is 778. The summed E-state index contributed by atoms with van der Waals surface area (Å²) >= 11 is 5.62. The van der Waals surface area contributed by atoms with Crippen LogP contribution in [0.1, 0.15) is 15.9 Å². The van der Waals surface area contributed by atoms with Crippen molar-refractivity contribution in [3.05, 3.63) is 68.7 Å². The Labute approximate surface area is 132 Å². The summed E-state index contributed by atoms with van der Waals surface area (Å²) in [4.78, 5) is 22.0. The average molecular weight is 345 g/mol. The molecule has 2 aromatic rings. The Balaban J connectivity index is 2.34. The summed E-state index contributed by atoms with van der Waals surface area (Å²) in [6.07, 6.45) is -4.64. The number of benzene rings is 2. The van der Waals surface area contributed by atoms with E-state index in [0.29, 0.717) is 0 Å². The second kappa shape index (κ2) is 6.25. The fraction of sp³-hybridized carbons (Fsp3) is 0.0714. The third kappa shape index (κ3) is 3.78. The van der Waals surface area contributed by atoms with Crippen LogP contribution >= 0.6 is 11.6 Å². The molecule has 1 N–H and O–H groups in total. The van der Waals surface area contributed by atoms with E-state index in [9.17, 15) is 28.1 Å². The van der Waals surface area contributed by atoms with Crippen molar-refractivity contribution in [3.8, 4) is 0 Å². The lowest BCUT2D eigenvalue weighted by Crippen LogP contribution is -2.16. The predicted octanol–water partition coefficient (Wildman–Crippen LogP) is 4.52. The number of nitro benzene ring substituents is 1. The molecular weight excluding hydrogens is 337 g/mol. The van der Waals surface area contributed by atoms with Gasteiger partial charge in [0.25, 0.3) is 11.6 Å². The van der Waals surface area contributed by atoms with Crippen LogP contribution in [0.25, 0.3) is 0 Å². The Kier molecular flexibility index (Phi) is 4.55. The van der Waals surface area contributed by atoms with Crippen LogP contribution in [0, 0.1) is 10.1 Å². The highest BCUT2D eigenvalue weighted by molar-refractivity contribution is 6.32. The maximum Gasteiger partial charge on any atom is 0.418 e. The normalized spacial score (nSPS) is 11.1. The number of carbonyl (C=O) groups is 1. The lowest BCUT2D eigenvalue weighted by Gasteiger charge is -2.13. The van der Waals surface area contributed by atoms with Crippen molar-refractivity contribution in [2.45, 2.75) is 6.18 Å². The summed E-state index contributed by atoms with van der Waals surface area (Å²) in [7, 11) is 0. The molecule has 0 atom stereocenters. The number of halogens is 4. The van der Waals surface area contributed by atoms with Crippen molar-refractivity contribution in [1.29, 1.82) is 0 Å². The summed E-state index contributed by atoms with van der Waals surface area (Å²) in [5.74, 6) is -0.915. The minimum atomic E-state index is -4.64. The first kappa shape index (κ1) is 16.8. The molecule has 0 spiro atoms. The second-order valence-electron chi connectivity index (χ2n) is 4.42. The van der Waals surface area contributed by atoms with Crippen LogP contribution < -0.4 is 5.32 Å². The maximum absolute atomic E-state index is 12.9. The van der Waals surface area contributed by atoms with Gasteiger partial charge in [0.15, 0.2) is 0 Å². The van der Waals surface area contributed by atoms with Crippen LogP contribution in [0.2, 0.25) is 5.02 Å². The molecule has 0 saturated carbocycles. The van der Waals surface area contributed by atoms with Gasteiger partial charge in [-0.05, 0) is 24.3 Å². The third-order valence-corrected chi connectivity index (χ3v) is 3.21. The minimum absolute atomic E-state index is 0.178. The van der Waals surface area contributed by atoms with Crippen LogP contribution in [0.4, 0.5) is 24.5 Å². The monoisotopic (exact) mass is 344 g/mol. The van der Waals surface area contributed by atoms with Crippen LogP contribution in [-0.2, 0) is 6.18 Å². The van der Waals surface area contributed by atoms with Gasteiger partial charge in [0.05, 0.1) is 16.2 Å². The highest BCUT2D eigenvalue weighted by Gasteiger charge is 2.33. The SMILES string of the molecule is O=C(Nc1ccccc1C(F)(F)F)c1ccc(Cl)c([N+](=O)[O-])c1. The Hall–Kier alpha value is -2.61. The van der Waals surface area contributed by atoms with Gasteiger partial charge in [-0.3, -0.25) is 14.9 Å². The Morgan fingerprint density at radius 2 is 1.83 bits per heavy atom. The predicted molar refractivity (Wildman–Crippen MR) is 77.5 cm³/mol. The van der Waals surface area contributed by atoms with Gasteiger partial charge in [-0.25, -0.2) is 0 Å². The lowest BCUT2D eigenvalue weighted by molar-refractivity contribution is -0.384. The first-order valence-corrected chi connectivity index (χ1v) is 6.49. The molecule has 0 aliphatic carbocycles. The third-order valence-electron chi connectivity index (χ3n) is 2.89. The zero-order valence-electron chi connectivity index (χ0n) is 11.2. The molecule has 0 fully saturated rings. The molecule has 0 aliphatic rings. The minimum Gasteiger partial charge on any atom is -0.321 e. The number of nitro groups is 1. The number of amides is 1. The molecule has 2 aromatic carbocycles. The topological polar surface area (TPSA) is 72.2 Å². The van der Waals surface area contributed by atoms with Crippen molar-refractivity contribution in [3.63, 3.8) is 0 Å². The van der Waals surface area contributed by atoms with E-state index in [-0.39, 0.29) is 10.6 Å². The molecular formula is C14H8ClF3N2O3. The van der Waals surface area contributed by atoms with E-state index in [1.165, 1.54) is 18.2 Å². The number of carbonyl (C=O) groups excluding carboxylic acids is 1. The van der Waals surface area contributed by atoms with Gasteiger partial charge < -0.3 is 5.32 Å². The molecule has 1 amide bonds. The zero-order chi connectivity index (χ0) is 17.2. The van der Waals surface area contributed by atoms with Gasteiger partial charge >= 0.3 is 6.18 Å². The molecule has 2 rings (SSSR count). The Morgan fingerprint density at radius 1 is 1.17 bits per heavy atom. The molecule has 0 aliphatic heterocycles. The van der Waals surface area contributed by atoms with E-state index in [4.69, 9.17) is 11.6 Å². The molecule has 23 heavy (non-hydrogen) atoms. The summed E-state index contributed by atoms with van der Waals surface area (Å²) < 4.78 is 38.6. The van der Waals surface area contributed by atoms with Crippen LogP contribution in [0.15, 0.2) is 42.5 Å². The molecule has 0 heterocycles. The number of para-hydroxylation sites is 1. The standard InChI is InChI=1S/C14H8ClF3N2O3/c15-10-6-5-8(7-12(10)20(22)23)13(21)19-11-4-2-1-3-9(11)14(16,17)18/h1-7H,(H,19,21). The summed E-state index contributed by atoms with van der Waals surface area (Å²) in [5, 5.41) is 12.7. The number of hydrogen-bond donors (Lipinski definition) is 1. The summed E-state index contributed by atoms with van der Waals surface area (Å²) in [6, 6.07) is 7.63. The van der Waals surface area contributed by atoms with Crippen molar-refractivity contribution in [2.75, 3.05) is 5.32 Å². The van der Waals surface area contributed by atoms with E-state index < -0.39 is 33.9 Å². The van der Waals surface area contributed by atoms with Crippen LogP contribution in [0.3, 0.4) is 0 Å². The second-order valence-corrected chi connectivity index (χ2v) is 4.83. The van der Waals surface area contributed by atoms with Gasteiger partial charge in [-0.1, -0.05) is 23.7 Å². The molecule has 0 radical (unpaired) electrons. The highest BCUT2D eigenvalue weighted by atomic mass is 35.5. The molecule has 120 valence electrons. The molecule has 0 unspecified atom stereocenters. The fourth-order valence-corrected chi connectivity index (χ4v) is 2.01. The molecule has 0 aromatic heterocycles. The quantitative estimate of drug-likeness (QED) is 0.657. The zero-order valence-corrected chi connectivity index (χ0v) is 12.0. The number of rotatable bonds is 3. The van der Waals surface area contributed by atoms with Crippen molar-refractivity contribution >= 4 is 28.9 Å². The number of nitrogens with zero attached hydrogens (tertiary/aromatic N) is 1. The number of nitrogens with one attached hydrogen (secondary N) is 1. The van der Waals surface area contributed by atoms with Crippen molar-refractivity contribution in [1.82, 2.24) is 0 Å². The number of anilines is 1. The van der Waals surface area contributed by atoms with Gasteiger partial charge in [-0.2, -0.15) is 13.2 Å². The van der Waals surface area contributed by atoms with Gasteiger partial charge in [0.1, 0.15) is 5.02 Å². The molecule has 0 saturated heterocycles. The van der Waals surface area contributed by atoms with E-state index in [1.807, 2.05) is 0 Å². The van der Waals surface area contributed by atoms with E-state index in [1.54, 1.807) is 0 Å².